The Morgan fingerprint density at radius 3 is 2.31 bits per heavy atom. The molecule has 5 nitrogen and oxygen atoms in total. The highest BCUT2D eigenvalue weighted by Crippen LogP contribution is 2.34. The minimum Gasteiger partial charge on any atom is -0.339 e. The van der Waals surface area contributed by atoms with Gasteiger partial charge in [-0.2, -0.15) is 0 Å². The van der Waals surface area contributed by atoms with Gasteiger partial charge in [0, 0.05) is 50.9 Å². The van der Waals surface area contributed by atoms with Gasteiger partial charge in [0.15, 0.2) is 0 Å². The summed E-state index contributed by atoms with van der Waals surface area (Å²) in [4.78, 5) is 24.3. The number of hydrogen-bond donors (Lipinski definition) is 0. The molecule has 1 amide bonds. The summed E-state index contributed by atoms with van der Waals surface area (Å²) in [5.74, 6) is 0.312. The van der Waals surface area contributed by atoms with E-state index in [9.17, 15) is 4.79 Å². The van der Waals surface area contributed by atoms with Gasteiger partial charge < -0.3 is 4.90 Å². The van der Waals surface area contributed by atoms with Crippen LogP contribution in [0.5, 0.6) is 0 Å². The number of carbonyl (C=O) groups excluding carboxylic acids is 1. The molecule has 2 saturated heterocycles. The molecule has 0 N–H and O–H groups in total. The number of nitrogens with zero attached hydrogens (tertiary/aromatic N) is 4. The van der Waals surface area contributed by atoms with Crippen LogP contribution < -0.4 is 0 Å². The van der Waals surface area contributed by atoms with Crippen molar-refractivity contribution in [1.29, 1.82) is 0 Å². The van der Waals surface area contributed by atoms with Gasteiger partial charge in [-0.1, -0.05) is 43.2 Å². The van der Waals surface area contributed by atoms with Crippen LogP contribution in [-0.4, -0.2) is 85.7 Å². The smallest absolute Gasteiger partial charge is 0.236 e. The number of benzene rings is 1. The third kappa shape index (κ3) is 4.72. The molecule has 1 aromatic rings. The van der Waals surface area contributed by atoms with Gasteiger partial charge in [-0.3, -0.25) is 19.6 Å². The molecule has 3 fully saturated rings. The van der Waals surface area contributed by atoms with Crippen molar-refractivity contribution in [1.82, 2.24) is 14.7 Å². The van der Waals surface area contributed by atoms with Gasteiger partial charge in [-0.05, 0) is 44.3 Å². The standard InChI is InChI=1S/C24H36N4O/c1-25-20-24(21-7-3-2-4-8-21)11-13-26(14-12-24)19-23(29)28-17-15-27(16-18-28)22-9-5-6-10-22/h2-4,7-8,20,22H,5-6,9-19H2,1H3. The highest BCUT2D eigenvalue weighted by atomic mass is 16.2. The molecule has 2 aliphatic heterocycles. The highest BCUT2D eigenvalue weighted by Gasteiger charge is 2.36. The van der Waals surface area contributed by atoms with Crippen molar-refractivity contribution in [2.24, 2.45) is 4.99 Å². The summed E-state index contributed by atoms with van der Waals surface area (Å²) in [6.07, 6.45) is 9.65. The zero-order valence-corrected chi connectivity index (χ0v) is 17.9. The highest BCUT2D eigenvalue weighted by molar-refractivity contribution is 5.78. The number of likely N-dealkylation sites (tertiary alicyclic amines) is 1. The van der Waals surface area contributed by atoms with Crippen LogP contribution in [0.4, 0.5) is 0 Å². The zero-order valence-electron chi connectivity index (χ0n) is 17.9. The summed E-state index contributed by atoms with van der Waals surface area (Å²) >= 11 is 0. The Morgan fingerprint density at radius 1 is 1.03 bits per heavy atom. The monoisotopic (exact) mass is 396 g/mol. The maximum Gasteiger partial charge on any atom is 0.236 e. The molecule has 29 heavy (non-hydrogen) atoms. The number of piperazine rings is 1. The predicted molar refractivity (Wildman–Crippen MR) is 119 cm³/mol. The van der Waals surface area contributed by atoms with E-state index >= 15 is 0 Å². The van der Waals surface area contributed by atoms with Crippen LogP contribution in [-0.2, 0) is 10.2 Å². The normalized spacial score (nSPS) is 24.4. The zero-order chi connectivity index (χ0) is 20.1. The average Bonchev–Trinajstić information content (AvgIpc) is 3.31. The molecule has 0 spiro atoms. The number of rotatable bonds is 5. The Balaban J connectivity index is 1.27. The molecule has 0 bridgehead atoms. The van der Waals surface area contributed by atoms with Crippen LogP contribution in [0.3, 0.4) is 0 Å². The minimum absolute atomic E-state index is 0.0163. The second kappa shape index (κ2) is 9.40. The van der Waals surface area contributed by atoms with Crippen LogP contribution >= 0.6 is 0 Å². The van der Waals surface area contributed by atoms with Crippen LogP contribution in [0.2, 0.25) is 0 Å². The predicted octanol–water partition coefficient (Wildman–Crippen LogP) is 2.81. The first-order valence-corrected chi connectivity index (χ1v) is 11.4. The van der Waals surface area contributed by atoms with Gasteiger partial charge in [-0.15, -0.1) is 0 Å². The topological polar surface area (TPSA) is 39.2 Å². The number of hydrogen-bond acceptors (Lipinski definition) is 4. The van der Waals surface area contributed by atoms with E-state index in [1.165, 1.54) is 31.2 Å². The summed E-state index contributed by atoms with van der Waals surface area (Å²) in [5, 5.41) is 0. The van der Waals surface area contributed by atoms with E-state index in [1.54, 1.807) is 0 Å². The van der Waals surface area contributed by atoms with Crippen molar-refractivity contribution in [3.8, 4) is 0 Å². The molecule has 1 aromatic carbocycles. The summed E-state index contributed by atoms with van der Waals surface area (Å²) in [7, 11) is 1.87. The van der Waals surface area contributed by atoms with E-state index in [4.69, 9.17) is 0 Å². The quantitative estimate of drug-likeness (QED) is 0.719. The van der Waals surface area contributed by atoms with Crippen LogP contribution in [0.1, 0.15) is 44.1 Å². The molecule has 0 unspecified atom stereocenters. The largest absolute Gasteiger partial charge is 0.339 e. The molecule has 2 heterocycles. The first kappa shape index (κ1) is 20.5. The lowest BCUT2D eigenvalue weighted by Crippen LogP contribution is -2.54. The number of amides is 1. The average molecular weight is 397 g/mol. The Hall–Kier alpha value is -1.72. The Bertz CT molecular complexity index is 682. The third-order valence-corrected chi connectivity index (χ3v) is 7.34. The van der Waals surface area contributed by atoms with Crippen molar-refractivity contribution in [3.63, 3.8) is 0 Å². The summed E-state index contributed by atoms with van der Waals surface area (Å²) in [6, 6.07) is 11.5. The summed E-state index contributed by atoms with van der Waals surface area (Å²) < 4.78 is 0. The molecule has 0 atom stereocenters. The number of piperidine rings is 1. The summed E-state index contributed by atoms with van der Waals surface area (Å²) in [6.45, 7) is 6.39. The van der Waals surface area contributed by atoms with E-state index in [0.29, 0.717) is 12.5 Å². The second-order valence-electron chi connectivity index (χ2n) is 9.04. The Morgan fingerprint density at radius 2 is 1.69 bits per heavy atom. The van der Waals surface area contributed by atoms with Crippen LogP contribution in [0.15, 0.2) is 35.3 Å². The van der Waals surface area contributed by atoms with Gasteiger partial charge in [0.2, 0.25) is 5.91 Å². The molecule has 158 valence electrons. The lowest BCUT2D eigenvalue weighted by molar-refractivity contribution is -0.134. The Labute approximate surface area is 175 Å². The van der Waals surface area contributed by atoms with Crippen molar-refractivity contribution in [3.05, 3.63) is 35.9 Å². The van der Waals surface area contributed by atoms with Crippen molar-refractivity contribution >= 4 is 12.1 Å². The maximum atomic E-state index is 12.9. The van der Waals surface area contributed by atoms with E-state index < -0.39 is 0 Å². The van der Waals surface area contributed by atoms with Gasteiger partial charge in [0.25, 0.3) is 0 Å². The first-order valence-electron chi connectivity index (χ1n) is 11.4. The molecule has 0 aromatic heterocycles. The van der Waals surface area contributed by atoms with E-state index in [0.717, 1.165) is 58.2 Å². The maximum absolute atomic E-state index is 12.9. The third-order valence-electron chi connectivity index (χ3n) is 7.34. The van der Waals surface area contributed by atoms with Crippen molar-refractivity contribution in [2.75, 3.05) is 52.9 Å². The fourth-order valence-corrected chi connectivity index (χ4v) is 5.52. The van der Waals surface area contributed by atoms with Gasteiger partial charge in [0.05, 0.1) is 6.54 Å². The Kier molecular flexibility index (Phi) is 6.66. The van der Waals surface area contributed by atoms with E-state index in [1.807, 2.05) is 7.05 Å². The SMILES string of the molecule is CN=CC1(c2ccccc2)CCN(CC(=O)N2CCN(C3CCCC3)CC2)CC1. The summed E-state index contributed by atoms with van der Waals surface area (Å²) in [5.41, 5.74) is 1.36. The molecule has 4 rings (SSSR count). The minimum atomic E-state index is 0.0163. The van der Waals surface area contributed by atoms with Crippen molar-refractivity contribution in [2.45, 2.75) is 50.0 Å². The molecular weight excluding hydrogens is 360 g/mol. The van der Waals surface area contributed by atoms with Gasteiger partial charge >= 0.3 is 0 Å². The lowest BCUT2D eigenvalue weighted by atomic mass is 9.73. The fourth-order valence-electron chi connectivity index (χ4n) is 5.52. The molecule has 1 aliphatic carbocycles. The van der Waals surface area contributed by atoms with Crippen molar-refractivity contribution < 1.29 is 4.79 Å². The number of carbonyl (C=O) groups is 1. The van der Waals surface area contributed by atoms with E-state index in [-0.39, 0.29) is 5.41 Å². The van der Waals surface area contributed by atoms with E-state index in [2.05, 4.69) is 56.2 Å². The second-order valence-corrected chi connectivity index (χ2v) is 9.04. The van der Waals surface area contributed by atoms with Gasteiger partial charge in [0.1, 0.15) is 0 Å². The van der Waals surface area contributed by atoms with Crippen LogP contribution in [0.25, 0.3) is 0 Å². The molecule has 3 aliphatic rings. The first-order chi connectivity index (χ1) is 14.2. The molecule has 1 saturated carbocycles. The fraction of sp³-hybridized carbons (Fsp3) is 0.667. The van der Waals surface area contributed by atoms with Crippen LogP contribution in [0, 0.1) is 0 Å². The number of aliphatic imine (C=N–C) groups is 1. The molecule has 5 heteroatoms. The lowest BCUT2D eigenvalue weighted by Gasteiger charge is -2.41. The van der Waals surface area contributed by atoms with Gasteiger partial charge in [-0.25, -0.2) is 0 Å². The molecular formula is C24H36N4O. The molecule has 0 radical (unpaired) electrons.